The molecule has 8 amide bonds. The Bertz CT molecular complexity index is 5960. The van der Waals surface area contributed by atoms with Crippen LogP contribution in [-0.4, -0.2) is 170 Å². The van der Waals surface area contributed by atoms with Crippen molar-refractivity contribution in [3.05, 3.63) is 307 Å². The third-order valence-corrected chi connectivity index (χ3v) is 22.7. The minimum atomic E-state index is -0.661. The van der Waals surface area contributed by atoms with Crippen LogP contribution in [0.4, 0.5) is 4.39 Å². The number of carbonyl (C=O) groups excluding carboxylic acids is 8. The standard InChI is InChI=1S/C25H26N4O4.C24H24ClN5O3.C24H23ClN4O3.C24H23FN4O3/c1-3-23(30)28-13-7-8-18(15-28)29-16-20(25(26)31)24(27-29)17-11-12-21(22(14-17)32-2)33-19-9-5-4-6-10-19;1-2-22(31)29-11-5-7-18(13-29)30-14-19(24(26)32)23(28-30)16-8-9-21(20(25)12-16)33-15-17-6-3-4-10-27-17;2*1-2-22(30)28-12-6-7-17(14-28)29-15-19(24(26)31)23(27-29)16-10-11-21(20(25)13-16)32-18-8-4-3-5-9-18/h3-6,9-12,14,16,18H,1,7-8,13,15H2,2H3,(H2,26,31);2-4,6,8-10,12,14,18H,1,5,7,11,13,15H2,(H2,26,32);2*2-5,8-11,13,15,17H,1,6-7,12,14H2,(H2,26,31)/t2*18-;2*17-/m1111/s1. The number of primary amides is 4. The number of pyridine rings is 1. The van der Waals surface area contributed by atoms with E-state index in [-0.39, 0.29) is 71.4 Å². The molecule has 7 aromatic carbocycles. The van der Waals surface area contributed by atoms with Gasteiger partial charge in [-0.05, 0) is 197 Å². The van der Waals surface area contributed by atoms with E-state index in [1.165, 1.54) is 36.4 Å². The van der Waals surface area contributed by atoms with E-state index < -0.39 is 29.4 Å². The Morgan fingerprint density at radius 1 is 0.392 bits per heavy atom. The van der Waals surface area contributed by atoms with Gasteiger partial charge in [0.05, 0.1) is 69.3 Å². The van der Waals surface area contributed by atoms with Gasteiger partial charge in [0, 0.05) is 106 Å². The number of piperidine rings is 4. The van der Waals surface area contributed by atoms with Crippen molar-refractivity contribution < 1.29 is 66.4 Å². The number of likely N-dealkylation sites (tertiary alicyclic amines) is 4. The van der Waals surface area contributed by atoms with Crippen molar-refractivity contribution in [2.24, 2.45) is 22.9 Å². The van der Waals surface area contributed by atoms with E-state index in [9.17, 15) is 42.7 Å². The zero-order chi connectivity index (χ0) is 92.1. The Kier molecular flexibility index (Phi) is 30.8. The summed E-state index contributed by atoms with van der Waals surface area (Å²) in [5.41, 5.74) is 28.4. The minimum absolute atomic E-state index is 0.0583. The molecule has 130 heavy (non-hydrogen) atoms. The van der Waals surface area contributed by atoms with E-state index in [0.717, 1.165) is 57.1 Å². The van der Waals surface area contributed by atoms with Crippen molar-refractivity contribution in [3.8, 4) is 91.0 Å². The van der Waals surface area contributed by atoms with Gasteiger partial charge in [0.2, 0.25) is 23.6 Å². The highest BCUT2D eigenvalue weighted by Crippen LogP contribution is 2.41. The predicted octanol–water partition coefficient (Wildman–Crippen LogP) is 15.8. The summed E-state index contributed by atoms with van der Waals surface area (Å²) in [6, 6.07) is 53.1. The predicted molar refractivity (Wildman–Crippen MR) is 490 cm³/mol. The van der Waals surface area contributed by atoms with Crippen LogP contribution in [0.3, 0.4) is 0 Å². The van der Waals surface area contributed by atoms with Gasteiger partial charge in [-0.2, -0.15) is 20.4 Å². The summed E-state index contributed by atoms with van der Waals surface area (Å²) in [4.78, 5) is 108. The van der Waals surface area contributed by atoms with Crippen molar-refractivity contribution in [2.45, 2.75) is 82.1 Å². The molecule has 8 N–H and O–H groups in total. The van der Waals surface area contributed by atoms with Crippen molar-refractivity contribution in [1.82, 2.24) is 63.7 Å². The van der Waals surface area contributed by atoms with Gasteiger partial charge < -0.3 is 66.2 Å². The molecular formula is C97H96Cl2FN17O13. The van der Waals surface area contributed by atoms with E-state index in [2.05, 4.69) is 51.7 Å². The van der Waals surface area contributed by atoms with E-state index in [1.54, 1.807) is 155 Å². The fraction of sp³-hybridized carbons (Fsp3) is 0.227. The number of halogens is 3. The second-order valence-corrected chi connectivity index (χ2v) is 31.6. The fourth-order valence-corrected chi connectivity index (χ4v) is 16.0. The number of nitrogens with zero attached hydrogens (tertiary/aromatic N) is 13. The summed E-state index contributed by atoms with van der Waals surface area (Å²) in [7, 11) is 1.55. The second-order valence-electron chi connectivity index (χ2n) is 30.7. The molecule has 4 saturated heterocycles. The highest BCUT2D eigenvalue weighted by molar-refractivity contribution is 6.32. The van der Waals surface area contributed by atoms with E-state index in [0.29, 0.717) is 159 Å². The van der Waals surface area contributed by atoms with Crippen LogP contribution < -0.4 is 46.6 Å². The number of benzene rings is 7. The average Bonchev–Trinajstić information content (AvgIpc) is 1.67. The van der Waals surface area contributed by atoms with Crippen LogP contribution in [0, 0.1) is 5.82 Å². The SMILES string of the molecule is C=CC(=O)N1CCC[C@@H](n2cc(C(N)=O)c(-c3ccc(OCc4ccccn4)c(Cl)c3)n2)C1.C=CC(=O)N1CCC[C@@H](n2cc(C(N)=O)c(-c3ccc(Oc4ccccc4)c(Cl)c3)n2)C1.C=CC(=O)N1CCC[C@@H](n2cc(C(N)=O)c(-c3ccc(Oc4ccccc4)c(F)c3)n2)C1.C=CC(=O)N1CCC[C@@H](n2cc(C(N)=O)c(-c3ccc(Oc4ccccc4)c(OC)c3)n2)C1. The summed E-state index contributed by atoms with van der Waals surface area (Å²) in [6.45, 7) is 19.1. The number of hydrogen-bond acceptors (Lipinski definition) is 18. The lowest BCUT2D eigenvalue weighted by atomic mass is 10.1. The Labute approximate surface area is 759 Å². The molecule has 4 aliphatic rings. The van der Waals surface area contributed by atoms with Crippen LogP contribution in [0.1, 0.15) is 123 Å². The maximum atomic E-state index is 14.8. The molecule has 668 valence electrons. The molecule has 4 fully saturated rings. The van der Waals surface area contributed by atoms with Gasteiger partial charge in [0.25, 0.3) is 23.6 Å². The molecule has 4 aliphatic heterocycles. The molecule has 0 unspecified atom stereocenters. The number of ether oxygens (including phenoxy) is 5. The first-order chi connectivity index (χ1) is 62.9. The molecule has 9 heterocycles. The number of hydrogen-bond donors (Lipinski definition) is 4. The summed E-state index contributed by atoms with van der Waals surface area (Å²) in [5, 5.41) is 19.3. The molecule has 0 radical (unpaired) electrons. The van der Waals surface area contributed by atoms with Crippen molar-refractivity contribution >= 4 is 70.5 Å². The number of nitrogens with two attached hydrogens (primary N) is 4. The second kappa shape index (κ2) is 43.3. The molecule has 0 spiro atoms. The van der Waals surface area contributed by atoms with Crippen LogP contribution >= 0.6 is 23.2 Å². The van der Waals surface area contributed by atoms with Crippen LogP contribution in [-0.2, 0) is 25.8 Å². The Morgan fingerprint density at radius 3 is 1.02 bits per heavy atom. The Balaban J connectivity index is 0.000000148. The molecule has 33 heteroatoms. The van der Waals surface area contributed by atoms with Gasteiger partial charge >= 0.3 is 0 Å². The maximum Gasteiger partial charge on any atom is 0.252 e. The first-order valence-corrected chi connectivity index (χ1v) is 42.6. The highest BCUT2D eigenvalue weighted by Gasteiger charge is 2.33. The van der Waals surface area contributed by atoms with Gasteiger partial charge in [-0.3, -0.25) is 62.1 Å². The van der Waals surface area contributed by atoms with Gasteiger partial charge in [-0.15, -0.1) is 0 Å². The normalized spacial score (nSPS) is 15.8. The quantitative estimate of drug-likeness (QED) is 0.0366. The smallest absolute Gasteiger partial charge is 0.252 e. The molecular weight excluding hydrogens is 1700 g/mol. The number of rotatable bonds is 26. The third kappa shape index (κ3) is 22.9. The summed E-state index contributed by atoms with van der Waals surface area (Å²) < 4.78 is 50.2. The average molecular weight is 1800 g/mol. The number of amides is 8. The van der Waals surface area contributed by atoms with Crippen LogP contribution in [0.25, 0.3) is 45.0 Å². The van der Waals surface area contributed by atoms with Gasteiger partial charge in [0.15, 0.2) is 23.1 Å². The first-order valence-electron chi connectivity index (χ1n) is 41.9. The molecule has 0 aliphatic carbocycles. The molecule has 0 saturated carbocycles. The van der Waals surface area contributed by atoms with Crippen molar-refractivity contribution in [1.29, 1.82) is 0 Å². The lowest BCUT2D eigenvalue weighted by Gasteiger charge is -2.32. The first kappa shape index (κ1) is 92.4. The zero-order valence-electron chi connectivity index (χ0n) is 71.2. The van der Waals surface area contributed by atoms with Crippen molar-refractivity contribution in [2.75, 3.05) is 59.5 Å². The number of aromatic nitrogens is 9. The molecule has 12 aromatic rings. The lowest BCUT2D eigenvalue weighted by molar-refractivity contribution is -0.128. The Hall–Kier alpha value is -15.2. The monoisotopic (exact) mass is 1800 g/mol. The van der Waals surface area contributed by atoms with Gasteiger partial charge in [-0.25, -0.2) is 4.39 Å². The van der Waals surface area contributed by atoms with Gasteiger partial charge in [-0.1, -0.05) is 110 Å². The van der Waals surface area contributed by atoms with E-state index in [4.69, 9.17) is 69.8 Å². The van der Waals surface area contributed by atoms with Crippen LogP contribution in [0.5, 0.6) is 46.0 Å². The molecule has 30 nitrogen and oxygen atoms in total. The highest BCUT2D eigenvalue weighted by atomic mass is 35.5. The summed E-state index contributed by atoms with van der Waals surface area (Å²) in [5.74, 6) is 0.480. The summed E-state index contributed by atoms with van der Waals surface area (Å²) >= 11 is 12.9. The third-order valence-electron chi connectivity index (χ3n) is 22.1. The minimum Gasteiger partial charge on any atom is -0.493 e. The molecule has 0 bridgehead atoms. The largest absolute Gasteiger partial charge is 0.493 e. The van der Waals surface area contributed by atoms with Crippen LogP contribution in [0.15, 0.2) is 264 Å². The maximum absolute atomic E-state index is 14.8. The fourth-order valence-electron chi connectivity index (χ4n) is 15.5. The summed E-state index contributed by atoms with van der Waals surface area (Å²) in [6.07, 6.45) is 20.0. The van der Waals surface area contributed by atoms with E-state index in [1.807, 2.05) is 91.0 Å². The van der Waals surface area contributed by atoms with Gasteiger partial charge in [0.1, 0.15) is 58.1 Å². The number of para-hydroxylation sites is 3. The lowest BCUT2D eigenvalue weighted by Crippen LogP contribution is -2.40. The molecule has 5 aromatic heterocycles. The topological polar surface area (TPSA) is 384 Å². The van der Waals surface area contributed by atoms with Crippen molar-refractivity contribution in [3.63, 3.8) is 0 Å². The molecule has 16 rings (SSSR count). The number of methoxy groups -OCH3 is 1. The van der Waals surface area contributed by atoms with E-state index >= 15 is 0 Å². The van der Waals surface area contributed by atoms with Crippen LogP contribution in [0.2, 0.25) is 10.0 Å². The molecule has 4 atom stereocenters. The Morgan fingerprint density at radius 2 is 0.700 bits per heavy atom. The number of carbonyl (C=O) groups is 8. The zero-order valence-corrected chi connectivity index (χ0v) is 72.8.